The van der Waals surface area contributed by atoms with Gasteiger partial charge in [-0.15, -0.1) is 0 Å². The van der Waals surface area contributed by atoms with E-state index in [1.807, 2.05) is 4.90 Å². The smallest absolute Gasteiger partial charge is 0.236 e. The Morgan fingerprint density at radius 3 is 2.44 bits per heavy atom. The van der Waals surface area contributed by atoms with Crippen LogP contribution in [0.4, 0.5) is 0 Å². The Kier molecular flexibility index (Phi) is 4.99. The predicted octanol–water partition coefficient (Wildman–Crippen LogP) is 0.115. The molecule has 1 saturated heterocycles. The standard InChI is InChI=1S/C13H23N3O2/c17-12(15-8-11-4-5-11)9-14-10-13(18)16-6-2-1-3-7-16/h11,14H,1-10H2,(H,15,17). The van der Waals surface area contributed by atoms with E-state index < -0.39 is 0 Å². The molecule has 1 saturated carbocycles. The molecule has 0 aromatic heterocycles. The molecule has 5 nitrogen and oxygen atoms in total. The van der Waals surface area contributed by atoms with Gasteiger partial charge in [0.2, 0.25) is 11.8 Å². The molecule has 2 N–H and O–H groups in total. The first-order valence-corrected chi connectivity index (χ1v) is 7.01. The molecule has 0 spiro atoms. The largest absolute Gasteiger partial charge is 0.355 e. The van der Waals surface area contributed by atoms with Crippen LogP contribution >= 0.6 is 0 Å². The Labute approximate surface area is 108 Å². The van der Waals surface area contributed by atoms with Gasteiger partial charge in [0.15, 0.2) is 0 Å². The first-order chi connectivity index (χ1) is 8.75. The molecule has 2 aliphatic rings. The fourth-order valence-corrected chi connectivity index (χ4v) is 2.18. The van der Waals surface area contributed by atoms with Crippen LogP contribution in [0.15, 0.2) is 0 Å². The van der Waals surface area contributed by atoms with Gasteiger partial charge < -0.3 is 10.2 Å². The molecule has 0 bridgehead atoms. The molecule has 1 heterocycles. The van der Waals surface area contributed by atoms with Gasteiger partial charge in [-0.2, -0.15) is 0 Å². The van der Waals surface area contributed by atoms with E-state index in [1.165, 1.54) is 19.3 Å². The summed E-state index contributed by atoms with van der Waals surface area (Å²) < 4.78 is 0. The van der Waals surface area contributed by atoms with Crippen LogP contribution in [0.1, 0.15) is 32.1 Å². The van der Waals surface area contributed by atoms with Crippen LogP contribution in [0.5, 0.6) is 0 Å². The van der Waals surface area contributed by atoms with Crippen molar-refractivity contribution in [1.29, 1.82) is 0 Å². The molecule has 0 radical (unpaired) electrons. The number of piperidine rings is 1. The molecular formula is C13H23N3O2. The summed E-state index contributed by atoms with van der Waals surface area (Å²) in [4.78, 5) is 25.1. The van der Waals surface area contributed by atoms with Gasteiger partial charge in [-0.1, -0.05) is 0 Å². The van der Waals surface area contributed by atoms with E-state index in [0.717, 1.165) is 32.5 Å². The minimum Gasteiger partial charge on any atom is -0.355 e. The van der Waals surface area contributed by atoms with Crippen LogP contribution in [0.25, 0.3) is 0 Å². The summed E-state index contributed by atoms with van der Waals surface area (Å²) in [6.45, 7) is 3.05. The summed E-state index contributed by atoms with van der Waals surface area (Å²) in [6.07, 6.45) is 5.91. The van der Waals surface area contributed by atoms with Crippen LogP contribution in [-0.4, -0.2) is 49.4 Å². The zero-order chi connectivity index (χ0) is 12.8. The Morgan fingerprint density at radius 2 is 1.78 bits per heavy atom. The molecule has 2 amide bonds. The second-order valence-corrected chi connectivity index (χ2v) is 5.29. The van der Waals surface area contributed by atoms with Gasteiger partial charge in [0.25, 0.3) is 0 Å². The van der Waals surface area contributed by atoms with Crippen LogP contribution in [0.2, 0.25) is 0 Å². The SMILES string of the molecule is O=C(CNCC(=O)N1CCCCC1)NCC1CC1. The quantitative estimate of drug-likeness (QED) is 0.706. The Balaban J connectivity index is 1.53. The lowest BCUT2D eigenvalue weighted by atomic mass is 10.1. The van der Waals surface area contributed by atoms with Crippen molar-refractivity contribution in [1.82, 2.24) is 15.5 Å². The van der Waals surface area contributed by atoms with Gasteiger partial charge in [0.1, 0.15) is 0 Å². The maximum absolute atomic E-state index is 11.8. The summed E-state index contributed by atoms with van der Waals surface area (Å²) in [5, 5.41) is 5.79. The third kappa shape index (κ3) is 4.64. The summed E-state index contributed by atoms with van der Waals surface area (Å²) in [6, 6.07) is 0. The molecule has 0 atom stereocenters. The highest BCUT2D eigenvalue weighted by Crippen LogP contribution is 2.27. The van der Waals surface area contributed by atoms with Gasteiger partial charge in [-0.25, -0.2) is 0 Å². The molecule has 0 aromatic rings. The minimum atomic E-state index is -0.00616. The van der Waals surface area contributed by atoms with Crippen molar-refractivity contribution in [2.45, 2.75) is 32.1 Å². The van der Waals surface area contributed by atoms with E-state index in [0.29, 0.717) is 5.92 Å². The molecule has 1 aliphatic heterocycles. The van der Waals surface area contributed by atoms with Crippen molar-refractivity contribution in [3.63, 3.8) is 0 Å². The van der Waals surface area contributed by atoms with E-state index in [4.69, 9.17) is 0 Å². The molecule has 1 aliphatic carbocycles. The van der Waals surface area contributed by atoms with Gasteiger partial charge >= 0.3 is 0 Å². The highest BCUT2D eigenvalue weighted by atomic mass is 16.2. The number of likely N-dealkylation sites (tertiary alicyclic amines) is 1. The first kappa shape index (κ1) is 13.3. The lowest BCUT2D eigenvalue weighted by Gasteiger charge is -2.26. The topological polar surface area (TPSA) is 61.4 Å². The predicted molar refractivity (Wildman–Crippen MR) is 69.0 cm³/mol. The number of carbonyl (C=O) groups excluding carboxylic acids is 2. The molecular weight excluding hydrogens is 230 g/mol. The fourth-order valence-electron chi connectivity index (χ4n) is 2.18. The Hall–Kier alpha value is -1.10. The summed E-state index contributed by atoms with van der Waals surface area (Å²) in [5.74, 6) is 0.807. The van der Waals surface area contributed by atoms with Gasteiger partial charge in [-0.3, -0.25) is 14.9 Å². The lowest BCUT2D eigenvalue weighted by Crippen LogP contribution is -2.43. The van der Waals surface area contributed by atoms with Crippen molar-refractivity contribution in [3.05, 3.63) is 0 Å². The highest BCUT2D eigenvalue weighted by molar-refractivity contribution is 5.81. The van der Waals surface area contributed by atoms with Crippen LogP contribution in [0, 0.1) is 5.92 Å². The summed E-state index contributed by atoms with van der Waals surface area (Å²) in [7, 11) is 0. The first-order valence-electron chi connectivity index (χ1n) is 7.01. The molecule has 0 aromatic carbocycles. The molecule has 18 heavy (non-hydrogen) atoms. The monoisotopic (exact) mass is 253 g/mol. The number of hydrogen-bond acceptors (Lipinski definition) is 3. The fraction of sp³-hybridized carbons (Fsp3) is 0.846. The number of nitrogens with one attached hydrogen (secondary N) is 2. The van der Waals surface area contributed by atoms with Crippen LogP contribution < -0.4 is 10.6 Å². The van der Waals surface area contributed by atoms with Crippen LogP contribution in [0.3, 0.4) is 0 Å². The van der Waals surface area contributed by atoms with Crippen molar-refractivity contribution in [2.75, 3.05) is 32.7 Å². The second-order valence-electron chi connectivity index (χ2n) is 5.29. The average Bonchev–Trinajstić information content (AvgIpc) is 3.21. The molecule has 2 fully saturated rings. The summed E-state index contributed by atoms with van der Waals surface area (Å²) >= 11 is 0. The van der Waals surface area contributed by atoms with E-state index in [-0.39, 0.29) is 24.9 Å². The normalized spacial score (nSPS) is 19.7. The molecule has 0 unspecified atom stereocenters. The van der Waals surface area contributed by atoms with Gasteiger partial charge in [0, 0.05) is 19.6 Å². The van der Waals surface area contributed by atoms with Crippen molar-refractivity contribution in [2.24, 2.45) is 5.92 Å². The Bertz CT molecular complexity index is 297. The average molecular weight is 253 g/mol. The maximum Gasteiger partial charge on any atom is 0.236 e. The van der Waals surface area contributed by atoms with Crippen molar-refractivity contribution in [3.8, 4) is 0 Å². The zero-order valence-corrected chi connectivity index (χ0v) is 10.9. The molecule has 2 rings (SSSR count). The van der Waals surface area contributed by atoms with E-state index >= 15 is 0 Å². The summed E-state index contributed by atoms with van der Waals surface area (Å²) in [5.41, 5.74) is 0. The third-order valence-electron chi connectivity index (χ3n) is 3.56. The van der Waals surface area contributed by atoms with E-state index in [1.54, 1.807) is 0 Å². The van der Waals surface area contributed by atoms with E-state index in [2.05, 4.69) is 10.6 Å². The minimum absolute atomic E-state index is 0.00616. The van der Waals surface area contributed by atoms with Gasteiger partial charge in [0.05, 0.1) is 13.1 Å². The van der Waals surface area contributed by atoms with Gasteiger partial charge in [-0.05, 0) is 38.0 Å². The number of rotatable bonds is 6. The lowest BCUT2D eigenvalue weighted by molar-refractivity contribution is -0.131. The van der Waals surface area contributed by atoms with E-state index in [9.17, 15) is 9.59 Å². The van der Waals surface area contributed by atoms with Crippen LogP contribution in [-0.2, 0) is 9.59 Å². The number of nitrogens with zero attached hydrogens (tertiary/aromatic N) is 1. The second kappa shape index (κ2) is 6.73. The highest BCUT2D eigenvalue weighted by Gasteiger charge is 2.21. The maximum atomic E-state index is 11.8. The zero-order valence-electron chi connectivity index (χ0n) is 10.9. The molecule has 102 valence electrons. The van der Waals surface area contributed by atoms with Crippen molar-refractivity contribution < 1.29 is 9.59 Å². The van der Waals surface area contributed by atoms with Crippen molar-refractivity contribution >= 4 is 11.8 Å². The number of hydrogen-bond donors (Lipinski definition) is 2. The number of carbonyl (C=O) groups is 2. The molecule has 5 heteroatoms. The third-order valence-corrected chi connectivity index (χ3v) is 3.56. The number of amides is 2. The Morgan fingerprint density at radius 1 is 1.06 bits per heavy atom.